The molecule has 1 aliphatic rings. The topological polar surface area (TPSA) is 32.7 Å². The third-order valence-electron chi connectivity index (χ3n) is 1.88. The van der Waals surface area contributed by atoms with Crippen molar-refractivity contribution in [1.29, 1.82) is 0 Å². The molecule has 11 heavy (non-hydrogen) atoms. The SMILES string of the molecule is CN1CCCC1CO.COC. The fourth-order valence-corrected chi connectivity index (χ4v) is 1.21. The van der Waals surface area contributed by atoms with E-state index in [0.29, 0.717) is 12.6 Å². The highest BCUT2D eigenvalue weighted by molar-refractivity contribution is 4.74. The van der Waals surface area contributed by atoms with Gasteiger partial charge in [0.05, 0.1) is 6.61 Å². The van der Waals surface area contributed by atoms with Crippen molar-refractivity contribution in [3.63, 3.8) is 0 Å². The zero-order valence-corrected chi connectivity index (χ0v) is 7.71. The summed E-state index contributed by atoms with van der Waals surface area (Å²) in [6.45, 7) is 1.49. The van der Waals surface area contributed by atoms with Gasteiger partial charge in [-0.2, -0.15) is 0 Å². The molecule has 1 rings (SSSR count). The van der Waals surface area contributed by atoms with E-state index in [-0.39, 0.29) is 0 Å². The lowest BCUT2D eigenvalue weighted by Gasteiger charge is -2.15. The van der Waals surface area contributed by atoms with E-state index in [0.717, 1.165) is 6.54 Å². The highest BCUT2D eigenvalue weighted by atomic mass is 16.4. The molecule has 0 aromatic heterocycles. The molecule has 1 fully saturated rings. The Bertz CT molecular complexity index is 88.2. The summed E-state index contributed by atoms with van der Waals surface area (Å²) in [4.78, 5) is 2.21. The van der Waals surface area contributed by atoms with Crippen LogP contribution < -0.4 is 0 Å². The molecule has 3 nitrogen and oxygen atoms in total. The summed E-state index contributed by atoms with van der Waals surface area (Å²) >= 11 is 0. The lowest BCUT2D eigenvalue weighted by atomic mass is 10.2. The van der Waals surface area contributed by atoms with Crippen LogP contribution in [-0.4, -0.2) is 50.5 Å². The molecule has 1 atom stereocenters. The standard InChI is InChI=1S/C6H13NO.C2H6O/c1-7-4-2-3-6(7)5-8;1-3-2/h6,8H,2-5H2,1H3;1-2H3. The number of aliphatic hydroxyl groups is 1. The number of likely N-dealkylation sites (N-methyl/N-ethyl adjacent to an activating group) is 1. The van der Waals surface area contributed by atoms with Gasteiger partial charge in [0.1, 0.15) is 0 Å². The fourth-order valence-electron chi connectivity index (χ4n) is 1.21. The molecule has 1 saturated heterocycles. The molecule has 0 aromatic carbocycles. The molecule has 0 radical (unpaired) electrons. The molecule has 0 saturated carbocycles. The first-order valence-electron chi connectivity index (χ1n) is 3.97. The van der Waals surface area contributed by atoms with Gasteiger partial charge in [0, 0.05) is 20.3 Å². The van der Waals surface area contributed by atoms with Crippen molar-refractivity contribution >= 4 is 0 Å². The quantitative estimate of drug-likeness (QED) is 0.602. The number of hydrogen-bond acceptors (Lipinski definition) is 3. The molecular weight excluding hydrogens is 142 g/mol. The minimum absolute atomic E-state index is 0.330. The Kier molecular flexibility index (Phi) is 6.51. The van der Waals surface area contributed by atoms with E-state index in [1.165, 1.54) is 12.8 Å². The second-order valence-corrected chi connectivity index (χ2v) is 2.87. The van der Waals surface area contributed by atoms with Crippen LogP contribution in [0.25, 0.3) is 0 Å². The maximum Gasteiger partial charge on any atom is 0.0586 e. The second-order valence-electron chi connectivity index (χ2n) is 2.87. The Labute approximate surface area is 69.0 Å². The van der Waals surface area contributed by atoms with E-state index in [2.05, 4.69) is 16.7 Å². The summed E-state index contributed by atoms with van der Waals surface area (Å²) < 4.78 is 4.25. The molecule has 0 aromatic rings. The van der Waals surface area contributed by atoms with Crippen LogP contribution in [0, 0.1) is 0 Å². The van der Waals surface area contributed by atoms with E-state index in [4.69, 9.17) is 5.11 Å². The largest absolute Gasteiger partial charge is 0.395 e. The van der Waals surface area contributed by atoms with Gasteiger partial charge in [0.25, 0.3) is 0 Å². The first-order chi connectivity index (χ1) is 5.26. The van der Waals surface area contributed by atoms with Gasteiger partial charge in [-0.05, 0) is 26.4 Å². The van der Waals surface area contributed by atoms with Crippen LogP contribution in [0.1, 0.15) is 12.8 Å². The molecule has 1 heterocycles. The first kappa shape index (κ1) is 10.9. The fraction of sp³-hybridized carbons (Fsp3) is 1.00. The molecular formula is C8H19NO2. The summed E-state index contributed by atoms with van der Waals surface area (Å²) in [5, 5.41) is 8.69. The van der Waals surface area contributed by atoms with Gasteiger partial charge in [-0.1, -0.05) is 0 Å². The van der Waals surface area contributed by atoms with Crippen molar-refractivity contribution < 1.29 is 9.84 Å². The average Bonchev–Trinajstić information content (AvgIpc) is 2.36. The van der Waals surface area contributed by atoms with E-state index >= 15 is 0 Å². The summed E-state index contributed by atoms with van der Waals surface area (Å²) in [5.41, 5.74) is 0. The highest BCUT2D eigenvalue weighted by Crippen LogP contribution is 2.12. The van der Waals surface area contributed by atoms with E-state index in [1.807, 2.05) is 0 Å². The van der Waals surface area contributed by atoms with Crippen molar-refractivity contribution in [1.82, 2.24) is 4.90 Å². The predicted molar refractivity (Wildman–Crippen MR) is 45.7 cm³/mol. The summed E-state index contributed by atoms with van der Waals surface area (Å²) in [6.07, 6.45) is 2.43. The van der Waals surface area contributed by atoms with Crippen LogP contribution >= 0.6 is 0 Å². The monoisotopic (exact) mass is 161 g/mol. The number of rotatable bonds is 1. The van der Waals surface area contributed by atoms with Crippen molar-refractivity contribution in [2.24, 2.45) is 0 Å². The van der Waals surface area contributed by atoms with E-state index in [1.54, 1.807) is 14.2 Å². The Hall–Kier alpha value is -0.120. The normalized spacial score (nSPS) is 24.5. The number of methoxy groups -OCH3 is 1. The number of ether oxygens (including phenoxy) is 1. The van der Waals surface area contributed by atoms with Crippen LogP contribution in [0.15, 0.2) is 0 Å². The number of likely N-dealkylation sites (tertiary alicyclic amines) is 1. The summed E-state index contributed by atoms with van der Waals surface area (Å²) in [5.74, 6) is 0. The highest BCUT2D eigenvalue weighted by Gasteiger charge is 2.18. The van der Waals surface area contributed by atoms with Gasteiger partial charge < -0.3 is 14.7 Å². The summed E-state index contributed by atoms with van der Waals surface area (Å²) in [7, 11) is 5.31. The maximum atomic E-state index is 8.69. The zero-order chi connectivity index (χ0) is 8.69. The van der Waals surface area contributed by atoms with Gasteiger partial charge >= 0.3 is 0 Å². The minimum atomic E-state index is 0.330. The number of nitrogens with zero attached hydrogens (tertiary/aromatic N) is 1. The molecule has 1 aliphatic heterocycles. The number of hydrogen-bond donors (Lipinski definition) is 1. The molecule has 3 heteroatoms. The Morgan fingerprint density at radius 2 is 2.09 bits per heavy atom. The van der Waals surface area contributed by atoms with Crippen LogP contribution in [0.5, 0.6) is 0 Å². The molecule has 1 unspecified atom stereocenters. The third kappa shape index (κ3) is 4.35. The van der Waals surface area contributed by atoms with E-state index in [9.17, 15) is 0 Å². The van der Waals surface area contributed by atoms with Crippen molar-refractivity contribution in [3.05, 3.63) is 0 Å². The lowest BCUT2D eigenvalue weighted by Crippen LogP contribution is -2.27. The van der Waals surface area contributed by atoms with Gasteiger partial charge in [-0.15, -0.1) is 0 Å². The van der Waals surface area contributed by atoms with Crippen LogP contribution in [0.2, 0.25) is 0 Å². The van der Waals surface area contributed by atoms with Crippen molar-refractivity contribution in [2.45, 2.75) is 18.9 Å². The molecule has 0 bridgehead atoms. The van der Waals surface area contributed by atoms with Gasteiger partial charge in [-0.3, -0.25) is 0 Å². The maximum absolute atomic E-state index is 8.69. The van der Waals surface area contributed by atoms with E-state index < -0.39 is 0 Å². The van der Waals surface area contributed by atoms with Crippen LogP contribution in [0.4, 0.5) is 0 Å². The van der Waals surface area contributed by atoms with Gasteiger partial charge in [-0.25, -0.2) is 0 Å². The molecule has 68 valence electrons. The van der Waals surface area contributed by atoms with Gasteiger partial charge in [0.2, 0.25) is 0 Å². The van der Waals surface area contributed by atoms with Crippen LogP contribution in [0.3, 0.4) is 0 Å². The van der Waals surface area contributed by atoms with Crippen LogP contribution in [-0.2, 0) is 4.74 Å². The molecule has 0 aliphatic carbocycles. The molecule has 1 N–H and O–H groups in total. The molecule has 0 amide bonds. The third-order valence-corrected chi connectivity index (χ3v) is 1.88. The minimum Gasteiger partial charge on any atom is -0.395 e. The first-order valence-corrected chi connectivity index (χ1v) is 3.97. The predicted octanol–water partition coefficient (Wildman–Crippen LogP) is 0.335. The number of aliphatic hydroxyl groups excluding tert-OH is 1. The second kappa shape index (κ2) is 6.58. The smallest absolute Gasteiger partial charge is 0.0586 e. The van der Waals surface area contributed by atoms with Crippen molar-refractivity contribution in [2.75, 3.05) is 34.4 Å². The Morgan fingerprint density at radius 1 is 1.55 bits per heavy atom. The average molecular weight is 161 g/mol. The zero-order valence-electron chi connectivity index (χ0n) is 7.71. The van der Waals surface area contributed by atoms with Crippen molar-refractivity contribution in [3.8, 4) is 0 Å². The Morgan fingerprint density at radius 3 is 2.27 bits per heavy atom. The lowest BCUT2D eigenvalue weighted by molar-refractivity contribution is 0.182. The van der Waals surface area contributed by atoms with Gasteiger partial charge in [0.15, 0.2) is 0 Å². The molecule has 0 spiro atoms. The summed E-state index contributed by atoms with van der Waals surface area (Å²) in [6, 6.07) is 0.454. The Balaban J connectivity index is 0.000000292.